The first kappa shape index (κ1) is 15.7. The maximum atomic E-state index is 12.0. The smallest absolute Gasteiger partial charge is 0.251 e. The monoisotopic (exact) mass is 288 g/mol. The van der Waals surface area contributed by atoms with E-state index in [1.54, 1.807) is 6.07 Å². The molecule has 114 valence electrons. The first-order valence-electron chi connectivity index (χ1n) is 7.70. The molecule has 1 heterocycles. The molecule has 1 aromatic carbocycles. The molecule has 4 heteroatoms. The second-order valence-electron chi connectivity index (χ2n) is 5.10. The molecule has 1 N–H and O–H groups in total. The molecular weight excluding hydrogens is 264 g/mol. The van der Waals surface area contributed by atoms with Crippen molar-refractivity contribution in [3.05, 3.63) is 46.8 Å². The number of nitrogens with zero attached hydrogens (tertiary/aromatic N) is 1. The molecule has 0 aliphatic heterocycles. The fraction of sp³-hybridized carbons (Fsp3) is 0.471. The van der Waals surface area contributed by atoms with Crippen LogP contribution < -0.4 is 10.9 Å². The number of pyridine rings is 1. The van der Waals surface area contributed by atoms with Gasteiger partial charge in [-0.3, -0.25) is 4.79 Å². The van der Waals surface area contributed by atoms with Gasteiger partial charge in [0.25, 0.3) is 5.56 Å². The van der Waals surface area contributed by atoms with Crippen LogP contribution in [0.25, 0.3) is 10.9 Å². The molecule has 0 radical (unpaired) electrons. The molecule has 4 nitrogen and oxygen atoms in total. The van der Waals surface area contributed by atoms with Crippen molar-refractivity contribution in [2.75, 3.05) is 26.3 Å². The first-order chi connectivity index (χ1) is 10.3. The Labute approximate surface area is 125 Å². The summed E-state index contributed by atoms with van der Waals surface area (Å²) in [6.45, 7) is 5.98. The molecule has 0 saturated heterocycles. The van der Waals surface area contributed by atoms with Gasteiger partial charge < -0.3 is 14.6 Å². The summed E-state index contributed by atoms with van der Waals surface area (Å²) in [5.74, 6) is 0. The van der Waals surface area contributed by atoms with E-state index in [9.17, 15) is 4.79 Å². The van der Waals surface area contributed by atoms with Crippen LogP contribution in [0.15, 0.2) is 41.2 Å². The van der Waals surface area contributed by atoms with Gasteiger partial charge in [0.15, 0.2) is 0 Å². The van der Waals surface area contributed by atoms with Crippen molar-refractivity contribution in [3.63, 3.8) is 0 Å². The van der Waals surface area contributed by atoms with Gasteiger partial charge in [0.05, 0.1) is 12.1 Å². The van der Waals surface area contributed by atoms with Crippen molar-refractivity contribution in [1.29, 1.82) is 0 Å². The topological polar surface area (TPSA) is 43.3 Å². The van der Waals surface area contributed by atoms with Gasteiger partial charge in [-0.15, -0.1) is 0 Å². The molecule has 2 aromatic rings. The first-order valence-corrected chi connectivity index (χ1v) is 7.70. The minimum absolute atomic E-state index is 0.0506. The van der Waals surface area contributed by atoms with Gasteiger partial charge in [-0.05, 0) is 23.9 Å². The van der Waals surface area contributed by atoms with Crippen LogP contribution in [-0.4, -0.2) is 30.9 Å². The van der Waals surface area contributed by atoms with E-state index in [0.29, 0.717) is 6.54 Å². The average molecular weight is 288 g/mol. The maximum absolute atomic E-state index is 12.0. The number of benzene rings is 1. The minimum Gasteiger partial charge on any atom is -0.380 e. The third-order valence-corrected chi connectivity index (χ3v) is 3.48. The number of hydrogen-bond acceptors (Lipinski definition) is 3. The molecule has 1 aromatic heterocycles. The third kappa shape index (κ3) is 4.69. The zero-order valence-corrected chi connectivity index (χ0v) is 12.7. The summed E-state index contributed by atoms with van der Waals surface area (Å²) >= 11 is 0. The summed E-state index contributed by atoms with van der Waals surface area (Å²) in [7, 11) is 0. The fourth-order valence-corrected chi connectivity index (χ4v) is 2.28. The highest BCUT2D eigenvalue weighted by Crippen LogP contribution is 2.10. The number of ether oxygens (including phenoxy) is 1. The van der Waals surface area contributed by atoms with Crippen LogP contribution in [0.2, 0.25) is 0 Å². The molecule has 0 fully saturated rings. The van der Waals surface area contributed by atoms with Gasteiger partial charge in [0.1, 0.15) is 0 Å². The second-order valence-corrected chi connectivity index (χ2v) is 5.10. The van der Waals surface area contributed by atoms with Crippen LogP contribution in [0.1, 0.15) is 19.8 Å². The maximum Gasteiger partial charge on any atom is 0.251 e. The fourth-order valence-electron chi connectivity index (χ4n) is 2.28. The van der Waals surface area contributed by atoms with E-state index >= 15 is 0 Å². The molecule has 2 rings (SSSR count). The van der Waals surface area contributed by atoms with Crippen LogP contribution in [0, 0.1) is 0 Å². The predicted octanol–water partition coefficient (Wildman–Crippen LogP) is 2.41. The molecule has 0 saturated carbocycles. The predicted molar refractivity (Wildman–Crippen MR) is 86.8 cm³/mol. The summed E-state index contributed by atoms with van der Waals surface area (Å²) in [6.07, 6.45) is 2.28. The van der Waals surface area contributed by atoms with E-state index in [4.69, 9.17) is 4.74 Å². The van der Waals surface area contributed by atoms with Crippen LogP contribution in [0.4, 0.5) is 0 Å². The number of rotatable bonds is 9. The minimum atomic E-state index is 0.0506. The summed E-state index contributed by atoms with van der Waals surface area (Å²) in [5.41, 5.74) is 1.04. The van der Waals surface area contributed by atoms with Crippen molar-refractivity contribution < 1.29 is 4.74 Å². The summed E-state index contributed by atoms with van der Waals surface area (Å²) in [4.78, 5) is 12.0. The second kappa shape index (κ2) is 8.60. The quantitative estimate of drug-likeness (QED) is 0.721. The van der Waals surface area contributed by atoms with Crippen molar-refractivity contribution in [2.45, 2.75) is 26.3 Å². The van der Waals surface area contributed by atoms with Crippen LogP contribution >= 0.6 is 0 Å². The van der Waals surface area contributed by atoms with Crippen LogP contribution in [0.3, 0.4) is 0 Å². The third-order valence-electron chi connectivity index (χ3n) is 3.48. The SMILES string of the molecule is CCCCOCCNCCn1c(=O)ccc2ccccc21. The number of nitrogens with one attached hydrogen (secondary N) is 1. The van der Waals surface area contributed by atoms with Crippen molar-refractivity contribution in [2.24, 2.45) is 0 Å². The van der Waals surface area contributed by atoms with Crippen molar-refractivity contribution >= 4 is 10.9 Å². The number of fused-ring (bicyclic) bond motifs is 1. The van der Waals surface area contributed by atoms with Gasteiger partial charge in [-0.2, -0.15) is 0 Å². The molecule has 0 aliphatic rings. The Morgan fingerprint density at radius 3 is 2.81 bits per heavy atom. The number of aromatic nitrogens is 1. The molecule has 0 unspecified atom stereocenters. The Hall–Kier alpha value is -1.65. The van der Waals surface area contributed by atoms with E-state index in [1.165, 1.54) is 0 Å². The highest BCUT2D eigenvalue weighted by Gasteiger charge is 2.01. The van der Waals surface area contributed by atoms with Gasteiger partial charge in [0.2, 0.25) is 0 Å². The summed E-state index contributed by atoms with van der Waals surface area (Å²) in [5, 5.41) is 4.42. The zero-order chi connectivity index (χ0) is 14.9. The molecule has 0 bridgehead atoms. The van der Waals surface area contributed by atoms with Crippen LogP contribution in [-0.2, 0) is 11.3 Å². The Kier molecular flexibility index (Phi) is 6.44. The molecule has 0 amide bonds. The lowest BCUT2D eigenvalue weighted by Gasteiger charge is -2.11. The number of para-hydroxylation sites is 1. The standard InChI is InChI=1S/C17H24N2O2/c1-2-3-13-21-14-11-18-10-12-19-16-7-5-4-6-15(16)8-9-17(19)20/h4-9,18H,2-3,10-14H2,1H3. The Morgan fingerprint density at radius 1 is 1.10 bits per heavy atom. The summed E-state index contributed by atoms with van der Waals surface area (Å²) < 4.78 is 7.31. The van der Waals surface area contributed by atoms with E-state index in [0.717, 1.165) is 50.0 Å². The van der Waals surface area contributed by atoms with Crippen LogP contribution in [0.5, 0.6) is 0 Å². The van der Waals surface area contributed by atoms with E-state index in [-0.39, 0.29) is 5.56 Å². The Balaban J connectivity index is 1.81. The Bertz CT molecular complexity index is 607. The van der Waals surface area contributed by atoms with Gasteiger partial charge >= 0.3 is 0 Å². The number of hydrogen-bond donors (Lipinski definition) is 1. The average Bonchev–Trinajstić information content (AvgIpc) is 2.51. The zero-order valence-electron chi connectivity index (χ0n) is 12.7. The van der Waals surface area contributed by atoms with E-state index in [1.807, 2.05) is 34.9 Å². The van der Waals surface area contributed by atoms with Gasteiger partial charge in [0, 0.05) is 32.3 Å². The van der Waals surface area contributed by atoms with Gasteiger partial charge in [-0.1, -0.05) is 31.5 Å². The lowest BCUT2D eigenvalue weighted by atomic mass is 10.2. The normalized spacial score (nSPS) is 11.1. The molecule has 21 heavy (non-hydrogen) atoms. The lowest BCUT2D eigenvalue weighted by Crippen LogP contribution is -2.28. The van der Waals surface area contributed by atoms with E-state index < -0.39 is 0 Å². The van der Waals surface area contributed by atoms with Crippen molar-refractivity contribution in [1.82, 2.24) is 9.88 Å². The Morgan fingerprint density at radius 2 is 1.95 bits per heavy atom. The van der Waals surface area contributed by atoms with Crippen molar-refractivity contribution in [3.8, 4) is 0 Å². The lowest BCUT2D eigenvalue weighted by molar-refractivity contribution is 0.133. The highest BCUT2D eigenvalue weighted by molar-refractivity contribution is 5.78. The van der Waals surface area contributed by atoms with E-state index in [2.05, 4.69) is 12.2 Å². The summed E-state index contributed by atoms with van der Waals surface area (Å²) in [6, 6.07) is 11.5. The highest BCUT2D eigenvalue weighted by atomic mass is 16.5. The van der Waals surface area contributed by atoms with Gasteiger partial charge in [-0.25, -0.2) is 0 Å². The largest absolute Gasteiger partial charge is 0.380 e. The molecular formula is C17H24N2O2. The molecule has 0 atom stereocenters. The number of unbranched alkanes of at least 4 members (excludes halogenated alkanes) is 1. The molecule has 0 aliphatic carbocycles. The molecule has 0 spiro atoms.